The van der Waals surface area contributed by atoms with Gasteiger partial charge in [0.2, 0.25) is 0 Å². The Balaban J connectivity index is 1.22. The van der Waals surface area contributed by atoms with E-state index in [9.17, 15) is 0 Å². The molecule has 0 spiro atoms. The molecule has 9 rings (SSSR count). The molecule has 0 amide bonds. The van der Waals surface area contributed by atoms with Gasteiger partial charge in [0.1, 0.15) is 28.3 Å². The fourth-order valence-corrected chi connectivity index (χ4v) is 10.6. The van der Waals surface area contributed by atoms with Crippen molar-refractivity contribution in [3.8, 4) is 45.3 Å². The molecule has 194 valence electrons. The molecule has 2 aliphatic heterocycles. The highest BCUT2D eigenvalue weighted by Crippen LogP contribution is 2.58. The smallest absolute Gasteiger partial charge is 0.185 e. The van der Waals surface area contributed by atoms with E-state index in [2.05, 4.69) is 78.9 Å². The van der Waals surface area contributed by atoms with Crippen LogP contribution < -0.4 is 25.4 Å². The van der Waals surface area contributed by atoms with Crippen LogP contribution in [-0.2, 0) is 4.57 Å². The Labute approximate surface area is 240 Å². The Hall–Kier alpha value is -4.63. The number of hydrogen-bond acceptors (Lipinski definition) is 4. The van der Waals surface area contributed by atoms with Crippen molar-refractivity contribution in [1.29, 1.82) is 0 Å². The van der Waals surface area contributed by atoms with Gasteiger partial charge in [-0.25, -0.2) is 0 Å². The van der Waals surface area contributed by atoms with E-state index >= 15 is 4.57 Å². The molecule has 0 bridgehead atoms. The van der Waals surface area contributed by atoms with Crippen molar-refractivity contribution < 1.29 is 14.0 Å². The summed E-state index contributed by atoms with van der Waals surface area (Å²) < 4.78 is 30.4. The van der Waals surface area contributed by atoms with Gasteiger partial charge in [-0.2, -0.15) is 0 Å². The van der Waals surface area contributed by atoms with E-state index in [1.165, 1.54) is 25.7 Å². The van der Waals surface area contributed by atoms with Gasteiger partial charge < -0.3 is 14.0 Å². The second-order valence-electron chi connectivity index (χ2n) is 10.4. The molecular formula is C36H21O3PS. The zero-order valence-corrected chi connectivity index (χ0v) is 23.4. The SMILES string of the molecule is O=P12c3ccccc3Oc3cccc(c31)Oc1ccc(-c3cccc(-c4cccc5c4sc4ccccc45)c3)cc12. The van der Waals surface area contributed by atoms with Crippen LogP contribution in [0.4, 0.5) is 0 Å². The summed E-state index contributed by atoms with van der Waals surface area (Å²) >= 11 is 1.84. The minimum Gasteiger partial charge on any atom is -0.456 e. The van der Waals surface area contributed by atoms with Crippen molar-refractivity contribution in [2.45, 2.75) is 0 Å². The summed E-state index contributed by atoms with van der Waals surface area (Å²) in [6.45, 7) is 0. The summed E-state index contributed by atoms with van der Waals surface area (Å²) in [5, 5.41) is 4.65. The van der Waals surface area contributed by atoms with E-state index in [0.29, 0.717) is 38.9 Å². The van der Waals surface area contributed by atoms with Crippen molar-refractivity contribution in [3.63, 3.8) is 0 Å². The van der Waals surface area contributed by atoms with Crippen LogP contribution in [0, 0.1) is 0 Å². The minimum atomic E-state index is -3.23. The highest BCUT2D eigenvalue weighted by Gasteiger charge is 2.46. The normalized spacial score (nSPS) is 16.4. The molecule has 41 heavy (non-hydrogen) atoms. The first-order chi connectivity index (χ1) is 20.2. The zero-order chi connectivity index (χ0) is 27.1. The second kappa shape index (κ2) is 8.44. The van der Waals surface area contributed by atoms with Crippen molar-refractivity contribution in [3.05, 3.63) is 127 Å². The van der Waals surface area contributed by atoms with Gasteiger partial charge in [0, 0.05) is 20.2 Å². The third-order valence-corrected chi connectivity index (χ3v) is 12.5. The van der Waals surface area contributed by atoms with Gasteiger partial charge in [-0.15, -0.1) is 11.3 Å². The van der Waals surface area contributed by atoms with Crippen molar-refractivity contribution in [1.82, 2.24) is 0 Å². The Morgan fingerprint density at radius 2 is 1.17 bits per heavy atom. The molecule has 1 aromatic heterocycles. The summed E-state index contributed by atoms with van der Waals surface area (Å²) in [6, 6.07) is 43.1. The Kier molecular flexibility index (Phi) is 4.76. The third kappa shape index (κ3) is 3.23. The average molecular weight is 565 g/mol. The summed E-state index contributed by atoms with van der Waals surface area (Å²) in [5.74, 6) is 2.46. The predicted molar refractivity (Wildman–Crippen MR) is 170 cm³/mol. The fraction of sp³-hybridized carbons (Fsp3) is 0. The molecule has 7 aromatic rings. The number of hydrogen-bond donors (Lipinski definition) is 0. The third-order valence-electron chi connectivity index (χ3n) is 8.13. The molecule has 0 N–H and O–H groups in total. The van der Waals surface area contributed by atoms with E-state index in [1.54, 1.807) is 0 Å². The molecule has 0 saturated heterocycles. The van der Waals surface area contributed by atoms with Crippen LogP contribution in [0.15, 0.2) is 127 Å². The number of thiophene rings is 1. The maximum Gasteiger partial charge on any atom is 0.185 e. The van der Waals surface area contributed by atoms with E-state index in [1.807, 2.05) is 59.9 Å². The molecule has 3 heterocycles. The van der Waals surface area contributed by atoms with Gasteiger partial charge in [0.15, 0.2) is 7.14 Å². The first kappa shape index (κ1) is 23.1. The van der Waals surface area contributed by atoms with Crippen LogP contribution in [0.5, 0.6) is 23.0 Å². The van der Waals surface area contributed by atoms with Crippen LogP contribution in [0.3, 0.4) is 0 Å². The Morgan fingerprint density at radius 1 is 0.512 bits per heavy atom. The minimum absolute atomic E-state index is 0.596. The van der Waals surface area contributed by atoms with E-state index in [-0.39, 0.29) is 0 Å². The van der Waals surface area contributed by atoms with Crippen molar-refractivity contribution >= 4 is 54.6 Å². The van der Waals surface area contributed by atoms with Crippen LogP contribution in [0.2, 0.25) is 0 Å². The first-order valence-electron chi connectivity index (χ1n) is 13.5. The number of ether oxygens (including phenoxy) is 2. The monoisotopic (exact) mass is 564 g/mol. The summed E-state index contributed by atoms with van der Waals surface area (Å²) in [5.41, 5.74) is 4.44. The van der Waals surface area contributed by atoms with Crippen LogP contribution in [0.1, 0.15) is 0 Å². The second-order valence-corrected chi connectivity index (χ2v) is 14.1. The fourth-order valence-electron chi connectivity index (χ4n) is 6.26. The Morgan fingerprint density at radius 3 is 2.07 bits per heavy atom. The molecule has 1 unspecified atom stereocenters. The number of benzene rings is 6. The average Bonchev–Trinajstić information content (AvgIpc) is 3.40. The van der Waals surface area contributed by atoms with Gasteiger partial charge in [-0.3, -0.25) is 0 Å². The van der Waals surface area contributed by atoms with Gasteiger partial charge in [-0.1, -0.05) is 78.9 Å². The van der Waals surface area contributed by atoms with Crippen LogP contribution in [0.25, 0.3) is 42.4 Å². The first-order valence-corrected chi connectivity index (χ1v) is 16.1. The molecular weight excluding hydrogens is 543 g/mol. The molecule has 6 aromatic carbocycles. The van der Waals surface area contributed by atoms with E-state index in [4.69, 9.17) is 9.47 Å². The molecule has 0 radical (unpaired) electrons. The number of para-hydroxylation sites is 1. The maximum absolute atomic E-state index is 15.3. The predicted octanol–water partition coefficient (Wildman–Crippen LogP) is 9.24. The van der Waals surface area contributed by atoms with Crippen LogP contribution in [-0.4, -0.2) is 0 Å². The molecule has 5 heteroatoms. The number of rotatable bonds is 2. The molecule has 3 nitrogen and oxygen atoms in total. The van der Waals surface area contributed by atoms with Gasteiger partial charge in [0.25, 0.3) is 0 Å². The molecule has 1 atom stereocenters. The molecule has 0 fully saturated rings. The van der Waals surface area contributed by atoms with Gasteiger partial charge in [0.05, 0.1) is 10.6 Å². The highest BCUT2D eigenvalue weighted by atomic mass is 32.1. The quantitative estimate of drug-likeness (QED) is 0.196. The summed E-state index contributed by atoms with van der Waals surface area (Å²) in [6.07, 6.45) is 0. The molecule has 2 aliphatic rings. The molecule has 0 saturated carbocycles. The van der Waals surface area contributed by atoms with Crippen molar-refractivity contribution in [2.75, 3.05) is 0 Å². The van der Waals surface area contributed by atoms with E-state index in [0.717, 1.165) is 16.7 Å². The number of fused-ring (bicyclic) bond motifs is 7. The van der Waals surface area contributed by atoms with Crippen LogP contribution >= 0.6 is 18.5 Å². The maximum atomic E-state index is 15.3. The lowest BCUT2D eigenvalue weighted by Crippen LogP contribution is -2.35. The molecule has 0 aliphatic carbocycles. The lowest BCUT2D eigenvalue weighted by Gasteiger charge is -2.34. The largest absolute Gasteiger partial charge is 0.456 e. The van der Waals surface area contributed by atoms with Gasteiger partial charge >= 0.3 is 0 Å². The lowest BCUT2D eigenvalue weighted by molar-refractivity contribution is 0.461. The highest BCUT2D eigenvalue weighted by molar-refractivity contribution is 7.86. The zero-order valence-electron chi connectivity index (χ0n) is 21.7. The topological polar surface area (TPSA) is 35.5 Å². The van der Waals surface area contributed by atoms with E-state index < -0.39 is 7.14 Å². The summed E-state index contributed by atoms with van der Waals surface area (Å²) in [4.78, 5) is 0. The lowest BCUT2D eigenvalue weighted by atomic mass is 9.98. The summed E-state index contributed by atoms with van der Waals surface area (Å²) in [7, 11) is -3.23. The standard InChI is InChI=1S/C36H21O3PS/c37-40-32-16-3-2-13-28(32)38-30-14-7-15-31(35(30)40)39-29-19-18-23(21-33(29)40)22-8-5-9-24(20-22)25-11-6-12-27-26-10-1-4-17-34(26)41-36(25)27/h1-21H. The Bertz CT molecular complexity index is 2250. The van der Waals surface area contributed by atoms with Crippen molar-refractivity contribution in [2.24, 2.45) is 0 Å². The van der Waals surface area contributed by atoms with Gasteiger partial charge in [-0.05, 0) is 70.8 Å².